The van der Waals surface area contributed by atoms with Crippen molar-refractivity contribution in [3.05, 3.63) is 33.9 Å². The zero-order valence-electron chi connectivity index (χ0n) is 11.0. The fraction of sp³-hybridized carbons (Fsp3) is 0.538. The van der Waals surface area contributed by atoms with E-state index in [0.717, 1.165) is 18.0 Å². The normalized spacial score (nSPS) is 23.4. The van der Waals surface area contributed by atoms with Crippen LogP contribution >= 0.6 is 23.4 Å². The topological polar surface area (TPSA) is 46.4 Å². The Bertz CT molecular complexity index is 484. The van der Waals surface area contributed by atoms with Crippen LogP contribution in [0.1, 0.15) is 19.4 Å². The predicted molar refractivity (Wildman–Crippen MR) is 81.4 cm³/mol. The van der Waals surface area contributed by atoms with Gasteiger partial charge in [0, 0.05) is 40.9 Å². The van der Waals surface area contributed by atoms with Crippen LogP contribution < -0.4 is 4.90 Å². The molecule has 1 saturated heterocycles. The molecule has 0 N–H and O–H groups in total. The lowest BCUT2D eigenvalue weighted by Gasteiger charge is -2.39. The second-order valence-corrected chi connectivity index (χ2v) is 6.47. The van der Waals surface area contributed by atoms with Crippen molar-refractivity contribution in [2.75, 3.05) is 17.2 Å². The van der Waals surface area contributed by atoms with Gasteiger partial charge in [0.05, 0.1) is 10.8 Å². The van der Waals surface area contributed by atoms with Gasteiger partial charge in [-0.25, -0.2) is 0 Å². The molecule has 2 atom stereocenters. The van der Waals surface area contributed by atoms with Crippen molar-refractivity contribution >= 4 is 34.7 Å². The molecule has 4 nitrogen and oxygen atoms in total. The fourth-order valence-corrected chi connectivity index (χ4v) is 3.65. The molecule has 1 aliphatic rings. The van der Waals surface area contributed by atoms with Gasteiger partial charge in [-0.2, -0.15) is 11.8 Å². The Kier molecular flexibility index (Phi) is 4.58. The van der Waals surface area contributed by atoms with E-state index >= 15 is 0 Å². The van der Waals surface area contributed by atoms with Crippen LogP contribution in [0, 0.1) is 10.1 Å². The minimum Gasteiger partial charge on any atom is -0.367 e. The summed E-state index contributed by atoms with van der Waals surface area (Å²) in [6.45, 7) is 5.38. The van der Waals surface area contributed by atoms with Crippen molar-refractivity contribution in [3.8, 4) is 0 Å². The third-order valence-corrected chi connectivity index (χ3v) is 5.25. The maximum atomic E-state index is 10.9. The lowest BCUT2D eigenvalue weighted by Crippen LogP contribution is -2.44. The number of hydrogen-bond acceptors (Lipinski definition) is 4. The maximum absolute atomic E-state index is 10.9. The molecule has 1 fully saturated rings. The standard InChI is InChI=1S/C13H17ClN2O2S/c1-9-10(2)19-6-5-15(9)12-3-4-13(16(17)18)11(7-12)8-14/h3-4,7,9-10H,5-6,8H2,1-2H3. The van der Waals surface area contributed by atoms with E-state index in [2.05, 4.69) is 18.7 Å². The van der Waals surface area contributed by atoms with E-state index in [1.807, 2.05) is 23.9 Å². The number of alkyl halides is 1. The second-order valence-electron chi connectivity index (χ2n) is 4.71. The van der Waals surface area contributed by atoms with Crippen molar-refractivity contribution in [1.82, 2.24) is 0 Å². The van der Waals surface area contributed by atoms with Gasteiger partial charge in [0.2, 0.25) is 0 Å². The Morgan fingerprint density at radius 1 is 1.53 bits per heavy atom. The Labute approximate surface area is 122 Å². The largest absolute Gasteiger partial charge is 0.367 e. The molecule has 2 unspecified atom stereocenters. The van der Waals surface area contributed by atoms with Gasteiger partial charge >= 0.3 is 0 Å². The molecule has 6 heteroatoms. The van der Waals surface area contributed by atoms with Gasteiger partial charge in [0.15, 0.2) is 0 Å². The average Bonchev–Trinajstić information content (AvgIpc) is 2.41. The van der Waals surface area contributed by atoms with E-state index < -0.39 is 0 Å². The summed E-state index contributed by atoms with van der Waals surface area (Å²) in [7, 11) is 0. The quantitative estimate of drug-likeness (QED) is 0.485. The molecule has 1 aromatic carbocycles. The molecule has 104 valence electrons. The molecule has 1 heterocycles. The number of rotatable bonds is 3. The summed E-state index contributed by atoms with van der Waals surface area (Å²) in [4.78, 5) is 12.8. The van der Waals surface area contributed by atoms with E-state index in [9.17, 15) is 10.1 Å². The fourth-order valence-electron chi connectivity index (χ4n) is 2.33. The van der Waals surface area contributed by atoms with Crippen molar-refractivity contribution < 1.29 is 4.92 Å². The number of benzene rings is 1. The van der Waals surface area contributed by atoms with E-state index in [1.54, 1.807) is 6.07 Å². The first kappa shape index (κ1) is 14.5. The highest BCUT2D eigenvalue weighted by Gasteiger charge is 2.26. The minimum atomic E-state index is -0.375. The molecule has 0 aromatic heterocycles. The molecule has 0 amide bonds. The van der Waals surface area contributed by atoms with E-state index in [-0.39, 0.29) is 16.5 Å². The monoisotopic (exact) mass is 300 g/mol. The molecule has 1 aromatic rings. The lowest BCUT2D eigenvalue weighted by atomic mass is 10.1. The summed E-state index contributed by atoms with van der Waals surface area (Å²) < 4.78 is 0. The number of anilines is 1. The van der Waals surface area contributed by atoms with Crippen LogP contribution in [0.4, 0.5) is 11.4 Å². The van der Waals surface area contributed by atoms with Crippen LogP contribution in [0.5, 0.6) is 0 Å². The number of nitro benzene ring substituents is 1. The molecule has 0 saturated carbocycles. The molecular weight excluding hydrogens is 284 g/mol. The Morgan fingerprint density at radius 3 is 2.89 bits per heavy atom. The van der Waals surface area contributed by atoms with Crippen LogP contribution in [-0.4, -0.2) is 28.5 Å². The molecule has 1 aliphatic heterocycles. The average molecular weight is 301 g/mol. The molecule has 0 spiro atoms. The van der Waals surface area contributed by atoms with Crippen LogP contribution in [0.15, 0.2) is 18.2 Å². The second kappa shape index (κ2) is 6.01. The number of halogens is 1. The van der Waals surface area contributed by atoms with Crippen molar-refractivity contribution in [1.29, 1.82) is 0 Å². The smallest absolute Gasteiger partial charge is 0.273 e. The zero-order valence-corrected chi connectivity index (χ0v) is 12.6. The molecule has 0 radical (unpaired) electrons. The first-order valence-corrected chi connectivity index (χ1v) is 7.84. The Balaban J connectivity index is 2.32. The van der Waals surface area contributed by atoms with E-state index in [1.165, 1.54) is 0 Å². The number of nitrogens with zero attached hydrogens (tertiary/aromatic N) is 2. The summed E-state index contributed by atoms with van der Waals surface area (Å²) in [5, 5.41) is 11.5. The lowest BCUT2D eigenvalue weighted by molar-refractivity contribution is -0.385. The number of thioether (sulfide) groups is 1. The highest BCUT2D eigenvalue weighted by atomic mass is 35.5. The predicted octanol–water partition coefficient (Wildman–Crippen LogP) is 3.66. The van der Waals surface area contributed by atoms with Crippen LogP contribution in [0.2, 0.25) is 0 Å². The number of nitro groups is 1. The van der Waals surface area contributed by atoms with Crippen LogP contribution in [0.3, 0.4) is 0 Å². The summed E-state index contributed by atoms with van der Waals surface area (Å²) in [6.07, 6.45) is 0. The van der Waals surface area contributed by atoms with Gasteiger partial charge in [-0.3, -0.25) is 10.1 Å². The summed E-state index contributed by atoms with van der Waals surface area (Å²) in [5.74, 6) is 1.25. The molecular formula is C13H17ClN2O2S. The van der Waals surface area contributed by atoms with Crippen molar-refractivity contribution in [2.45, 2.75) is 31.0 Å². The van der Waals surface area contributed by atoms with Crippen LogP contribution in [0.25, 0.3) is 0 Å². The molecule has 0 aliphatic carbocycles. The highest BCUT2D eigenvalue weighted by molar-refractivity contribution is 8.00. The molecule has 2 rings (SSSR count). The summed E-state index contributed by atoms with van der Waals surface area (Å²) in [6, 6.07) is 5.66. The Hall–Kier alpha value is -0.940. The third kappa shape index (κ3) is 2.98. The highest BCUT2D eigenvalue weighted by Crippen LogP contribution is 2.32. The van der Waals surface area contributed by atoms with Gasteiger partial charge in [0.1, 0.15) is 0 Å². The van der Waals surface area contributed by atoms with Gasteiger partial charge in [-0.05, 0) is 19.1 Å². The zero-order chi connectivity index (χ0) is 14.0. The van der Waals surface area contributed by atoms with Gasteiger partial charge in [-0.1, -0.05) is 6.92 Å². The summed E-state index contributed by atoms with van der Waals surface area (Å²) >= 11 is 7.79. The first-order chi connectivity index (χ1) is 9.04. The molecule has 19 heavy (non-hydrogen) atoms. The summed E-state index contributed by atoms with van der Waals surface area (Å²) in [5.41, 5.74) is 1.72. The molecule has 0 bridgehead atoms. The third-order valence-electron chi connectivity index (χ3n) is 3.62. The maximum Gasteiger partial charge on any atom is 0.273 e. The van der Waals surface area contributed by atoms with Gasteiger partial charge < -0.3 is 4.90 Å². The van der Waals surface area contributed by atoms with Crippen molar-refractivity contribution in [2.24, 2.45) is 0 Å². The SMILES string of the molecule is CC1SCCN(c2ccc([N+](=O)[O-])c(CCl)c2)C1C. The van der Waals surface area contributed by atoms with Gasteiger partial charge in [0.25, 0.3) is 5.69 Å². The van der Waals surface area contributed by atoms with Gasteiger partial charge in [-0.15, -0.1) is 11.6 Å². The van der Waals surface area contributed by atoms with E-state index in [4.69, 9.17) is 11.6 Å². The minimum absolute atomic E-state index is 0.103. The van der Waals surface area contributed by atoms with E-state index in [0.29, 0.717) is 16.9 Å². The van der Waals surface area contributed by atoms with Crippen molar-refractivity contribution in [3.63, 3.8) is 0 Å². The first-order valence-electron chi connectivity index (χ1n) is 6.26. The Morgan fingerprint density at radius 2 is 2.26 bits per heavy atom. The number of hydrogen-bond donors (Lipinski definition) is 0. The van der Waals surface area contributed by atoms with Crippen LogP contribution in [-0.2, 0) is 5.88 Å².